The average molecular weight is 273 g/mol. The highest BCUT2D eigenvalue weighted by Crippen LogP contribution is 2.36. The Bertz CT molecular complexity index is 565. The van der Waals surface area contributed by atoms with Crippen LogP contribution in [0.2, 0.25) is 5.02 Å². The molecule has 2 rings (SSSR count). The van der Waals surface area contributed by atoms with E-state index in [1.165, 1.54) is 30.5 Å². The van der Waals surface area contributed by atoms with Crippen LogP contribution >= 0.6 is 11.6 Å². The first-order valence-electron chi connectivity index (χ1n) is 4.96. The minimum Gasteiger partial charge on any atom is -0.397 e. The van der Waals surface area contributed by atoms with E-state index in [2.05, 4.69) is 4.98 Å². The van der Waals surface area contributed by atoms with Crippen molar-refractivity contribution in [2.75, 3.05) is 5.73 Å². The Labute approximate surface area is 106 Å². The van der Waals surface area contributed by atoms with Crippen LogP contribution in [0.1, 0.15) is 5.56 Å². The summed E-state index contributed by atoms with van der Waals surface area (Å²) < 4.78 is 38.6. The summed E-state index contributed by atoms with van der Waals surface area (Å²) in [5.74, 6) is 0. The van der Waals surface area contributed by atoms with Gasteiger partial charge < -0.3 is 5.73 Å². The third-order valence-electron chi connectivity index (χ3n) is 2.33. The van der Waals surface area contributed by atoms with Crippen LogP contribution in [0, 0.1) is 0 Å². The van der Waals surface area contributed by atoms with Crippen molar-refractivity contribution in [3.05, 3.63) is 47.1 Å². The summed E-state index contributed by atoms with van der Waals surface area (Å²) in [5, 5.41) is 0.447. The molecule has 0 saturated carbocycles. The molecule has 2 N–H and O–H groups in total. The monoisotopic (exact) mass is 272 g/mol. The van der Waals surface area contributed by atoms with Crippen LogP contribution in [0.25, 0.3) is 11.3 Å². The third-order valence-corrected chi connectivity index (χ3v) is 2.58. The lowest BCUT2D eigenvalue weighted by Gasteiger charge is -2.12. The molecule has 94 valence electrons. The van der Waals surface area contributed by atoms with E-state index in [1.807, 2.05) is 0 Å². The Morgan fingerprint density at radius 1 is 1.11 bits per heavy atom. The van der Waals surface area contributed by atoms with E-state index in [0.29, 0.717) is 10.6 Å². The Kier molecular flexibility index (Phi) is 3.17. The average Bonchev–Trinajstić information content (AvgIpc) is 2.29. The summed E-state index contributed by atoms with van der Waals surface area (Å²) in [6.07, 6.45) is -3.31. The molecule has 0 aliphatic carbocycles. The maximum Gasteiger partial charge on any atom is 0.418 e. The summed E-state index contributed by atoms with van der Waals surface area (Å²) >= 11 is 5.69. The van der Waals surface area contributed by atoms with Crippen LogP contribution in [0.3, 0.4) is 0 Å². The van der Waals surface area contributed by atoms with Crippen molar-refractivity contribution in [3.63, 3.8) is 0 Å². The molecule has 0 saturated heterocycles. The number of benzene rings is 1. The zero-order valence-corrected chi connectivity index (χ0v) is 9.76. The van der Waals surface area contributed by atoms with Gasteiger partial charge in [0.1, 0.15) is 0 Å². The Hall–Kier alpha value is -1.75. The molecule has 0 atom stereocenters. The molecule has 0 bridgehead atoms. The molecule has 2 nitrogen and oxygen atoms in total. The topological polar surface area (TPSA) is 38.9 Å². The first-order valence-corrected chi connectivity index (χ1v) is 5.34. The van der Waals surface area contributed by atoms with Gasteiger partial charge in [-0.25, -0.2) is 0 Å². The Morgan fingerprint density at radius 2 is 1.72 bits per heavy atom. The number of nitrogen functional groups attached to an aromatic ring is 1. The molecule has 0 unspecified atom stereocenters. The fourth-order valence-electron chi connectivity index (χ4n) is 1.53. The summed E-state index contributed by atoms with van der Waals surface area (Å²) in [6.45, 7) is 0. The molecule has 1 aromatic carbocycles. The summed E-state index contributed by atoms with van der Waals surface area (Å²) in [5.41, 5.74) is 4.64. The Balaban J connectivity index is 2.60. The largest absolute Gasteiger partial charge is 0.418 e. The Morgan fingerprint density at radius 3 is 2.28 bits per heavy atom. The van der Waals surface area contributed by atoms with Gasteiger partial charge in [0.15, 0.2) is 0 Å². The number of rotatable bonds is 1. The van der Waals surface area contributed by atoms with Crippen LogP contribution in [-0.4, -0.2) is 4.98 Å². The number of pyridine rings is 1. The maximum absolute atomic E-state index is 12.9. The first-order chi connectivity index (χ1) is 8.38. The fraction of sp³-hybridized carbons (Fsp3) is 0.0833. The number of halogens is 4. The molecule has 1 aromatic heterocycles. The molecule has 2 aromatic rings. The van der Waals surface area contributed by atoms with Gasteiger partial charge in [0, 0.05) is 10.6 Å². The van der Waals surface area contributed by atoms with Gasteiger partial charge in [0.25, 0.3) is 0 Å². The predicted octanol–water partition coefficient (Wildman–Crippen LogP) is 4.00. The second-order valence-corrected chi connectivity index (χ2v) is 4.11. The number of hydrogen-bond donors (Lipinski definition) is 1. The summed E-state index contributed by atoms with van der Waals surface area (Å²) in [4.78, 5) is 3.76. The van der Waals surface area contributed by atoms with E-state index >= 15 is 0 Å². The normalized spacial score (nSPS) is 11.6. The van der Waals surface area contributed by atoms with Gasteiger partial charge >= 0.3 is 6.18 Å². The maximum atomic E-state index is 12.9. The lowest BCUT2D eigenvalue weighted by atomic mass is 10.1. The minimum atomic E-state index is -4.50. The van der Waals surface area contributed by atoms with Crippen molar-refractivity contribution in [1.29, 1.82) is 0 Å². The molecular formula is C12H8ClF3N2. The van der Waals surface area contributed by atoms with Gasteiger partial charge in [-0.3, -0.25) is 4.98 Å². The molecule has 1 heterocycles. The molecule has 0 fully saturated rings. The number of nitrogens with zero attached hydrogens (tertiary/aromatic N) is 1. The van der Waals surface area contributed by atoms with Crippen molar-refractivity contribution in [3.8, 4) is 11.3 Å². The molecule has 0 aliphatic heterocycles. The predicted molar refractivity (Wildman–Crippen MR) is 64.1 cm³/mol. The van der Waals surface area contributed by atoms with E-state index < -0.39 is 11.7 Å². The minimum absolute atomic E-state index is 0.0277. The van der Waals surface area contributed by atoms with E-state index in [0.717, 1.165) is 6.07 Å². The van der Waals surface area contributed by atoms with Gasteiger partial charge in [-0.05, 0) is 18.2 Å². The highest BCUT2D eigenvalue weighted by Gasteiger charge is 2.34. The van der Waals surface area contributed by atoms with Crippen LogP contribution in [0.4, 0.5) is 18.9 Å². The first kappa shape index (κ1) is 12.7. The summed E-state index contributed by atoms with van der Waals surface area (Å²) in [6, 6.07) is 6.85. The van der Waals surface area contributed by atoms with Gasteiger partial charge in [0.2, 0.25) is 0 Å². The second kappa shape index (κ2) is 4.49. The molecule has 6 heteroatoms. The second-order valence-electron chi connectivity index (χ2n) is 3.67. The van der Waals surface area contributed by atoms with Crippen LogP contribution in [0.15, 0.2) is 36.5 Å². The summed E-state index contributed by atoms with van der Waals surface area (Å²) in [7, 11) is 0. The molecule has 0 aliphatic rings. The van der Waals surface area contributed by atoms with Crippen molar-refractivity contribution in [1.82, 2.24) is 4.98 Å². The number of alkyl halides is 3. The van der Waals surface area contributed by atoms with Crippen molar-refractivity contribution < 1.29 is 13.2 Å². The van der Waals surface area contributed by atoms with E-state index in [9.17, 15) is 13.2 Å². The van der Waals surface area contributed by atoms with Gasteiger partial charge in [-0.2, -0.15) is 13.2 Å². The number of anilines is 1. The van der Waals surface area contributed by atoms with Crippen molar-refractivity contribution in [2.45, 2.75) is 6.18 Å². The van der Waals surface area contributed by atoms with Crippen LogP contribution < -0.4 is 5.73 Å². The highest BCUT2D eigenvalue weighted by molar-refractivity contribution is 6.30. The van der Waals surface area contributed by atoms with Gasteiger partial charge in [0.05, 0.1) is 23.1 Å². The lowest BCUT2D eigenvalue weighted by Crippen LogP contribution is -2.09. The van der Waals surface area contributed by atoms with E-state index in [4.69, 9.17) is 17.3 Å². The van der Waals surface area contributed by atoms with Crippen molar-refractivity contribution in [2.24, 2.45) is 0 Å². The van der Waals surface area contributed by atoms with Crippen molar-refractivity contribution >= 4 is 17.3 Å². The quantitative estimate of drug-likeness (QED) is 0.852. The van der Waals surface area contributed by atoms with E-state index in [1.54, 1.807) is 0 Å². The van der Waals surface area contributed by atoms with Gasteiger partial charge in [-0.1, -0.05) is 23.7 Å². The molecule has 18 heavy (non-hydrogen) atoms. The van der Waals surface area contributed by atoms with Gasteiger partial charge in [-0.15, -0.1) is 0 Å². The lowest BCUT2D eigenvalue weighted by molar-refractivity contribution is -0.137. The zero-order valence-electron chi connectivity index (χ0n) is 9.00. The number of nitrogens with two attached hydrogens (primary N) is 1. The smallest absolute Gasteiger partial charge is 0.397 e. The third kappa shape index (κ3) is 2.56. The number of hydrogen-bond acceptors (Lipinski definition) is 2. The highest BCUT2D eigenvalue weighted by atomic mass is 35.5. The van der Waals surface area contributed by atoms with Crippen LogP contribution in [-0.2, 0) is 6.18 Å². The zero-order chi connectivity index (χ0) is 13.3. The molecule has 0 radical (unpaired) electrons. The fourth-order valence-corrected chi connectivity index (χ4v) is 1.66. The molecule has 0 spiro atoms. The SMILES string of the molecule is Nc1cnc(-c2ccc(Cl)cc2)c(C(F)(F)F)c1. The molecule has 0 amide bonds. The van der Waals surface area contributed by atoms with Crippen LogP contribution in [0.5, 0.6) is 0 Å². The van der Waals surface area contributed by atoms with E-state index in [-0.39, 0.29) is 11.4 Å². The number of aromatic nitrogens is 1. The molecular weight excluding hydrogens is 265 g/mol. The standard InChI is InChI=1S/C12H8ClF3N2/c13-8-3-1-7(2-4-8)11-10(12(14,15)16)5-9(17)6-18-11/h1-6H,17H2.